The van der Waals surface area contributed by atoms with Crippen molar-refractivity contribution in [1.82, 2.24) is 5.32 Å². The van der Waals surface area contributed by atoms with E-state index < -0.39 is 12.0 Å². The van der Waals surface area contributed by atoms with Crippen molar-refractivity contribution in [3.05, 3.63) is 90.0 Å². The van der Waals surface area contributed by atoms with Crippen LogP contribution in [0, 0.1) is 5.41 Å². The zero-order chi connectivity index (χ0) is 24.7. The maximum Gasteiger partial charge on any atom is 0.305 e. The normalized spacial score (nSPS) is 13.1. The van der Waals surface area contributed by atoms with Gasteiger partial charge in [-0.1, -0.05) is 82.3 Å². The van der Waals surface area contributed by atoms with Gasteiger partial charge in [0.1, 0.15) is 11.9 Å². The molecule has 0 aliphatic rings. The molecule has 0 fully saturated rings. The van der Waals surface area contributed by atoms with Gasteiger partial charge in [0.05, 0.1) is 6.42 Å². The van der Waals surface area contributed by atoms with Crippen LogP contribution < -0.4 is 10.1 Å². The van der Waals surface area contributed by atoms with E-state index in [4.69, 9.17) is 4.74 Å². The van der Waals surface area contributed by atoms with E-state index >= 15 is 0 Å². The number of carbonyl (C=O) groups excluding carboxylic acids is 1. The second kappa shape index (κ2) is 11.0. The molecule has 0 saturated heterocycles. The third-order valence-corrected chi connectivity index (χ3v) is 5.88. The Morgan fingerprint density at radius 1 is 0.882 bits per heavy atom. The highest BCUT2D eigenvalue weighted by Crippen LogP contribution is 2.28. The molecule has 34 heavy (non-hydrogen) atoms. The molecule has 3 aromatic rings. The van der Waals surface area contributed by atoms with Crippen LogP contribution in [-0.4, -0.2) is 23.0 Å². The molecule has 0 radical (unpaired) electrons. The van der Waals surface area contributed by atoms with Crippen molar-refractivity contribution in [3.8, 4) is 16.9 Å². The van der Waals surface area contributed by atoms with Crippen molar-refractivity contribution in [1.29, 1.82) is 0 Å². The van der Waals surface area contributed by atoms with Crippen LogP contribution >= 0.6 is 0 Å². The first-order chi connectivity index (χ1) is 16.2. The van der Waals surface area contributed by atoms with Crippen LogP contribution in [0.1, 0.15) is 62.6 Å². The Labute approximate surface area is 201 Å². The predicted molar refractivity (Wildman–Crippen MR) is 135 cm³/mol. The van der Waals surface area contributed by atoms with E-state index in [2.05, 4.69) is 48.6 Å². The van der Waals surface area contributed by atoms with Gasteiger partial charge in [-0.05, 0) is 52.8 Å². The second-order valence-corrected chi connectivity index (χ2v) is 9.52. The summed E-state index contributed by atoms with van der Waals surface area (Å²) in [5, 5.41) is 12.0. The average molecular weight is 460 g/mol. The van der Waals surface area contributed by atoms with Gasteiger partial charge in [0.2, 0.25) is 0 Å². The molecule has 2 N–H and O–H groups in total. The van der Waals surface area contributed by atoms with Crippen LogP contribution in [0.3, 0.4) is 0 Å². The van der Waals surface area contributed by atoms with Crippen molar-refractivity contribution >= 4 is 11.9 Å². The number of benzene rings is 3. The minimum atomic E-state index is -0.939. The Bertz CT molecular complexity index is 1080. The van der Waals surface area contributed by atoms with E-state index in [1.165, 1.54) is 5.56 Å². The van der Waals surface area contributed by atoms with Gasteiger partial charge in [0, 0.05) is 11.6 Å². The average Bonchev–Trinajstić information content (AvgIpc) is 2.82. The Kier molecular flexibility index (Phi) is 8.11. The van der Waals surface area contributed by atoms with Gasteiger partial charge in [-0.3, -0.25) is 9.59 Å². The van der Waals surface area contributed by atoms with Crippen molar-refractivity contribution in [2.24, 2.45) is 5.41 Å². The van der Waals surface area contributed by atoms with Crippen LogP contribution in [0.15, 0.2) is 78.9 Å². The number of carboxylic acid groups (broad SMARTS) is 1. The molecule has 1 amide bonds. The molecule has 178 valence electrons. The number of rotatable bonds is 9. The van der Waals surface area contributed by atoms with Gasteiger partial charge in [0.15, 0.2) is 0 Å². The molecule has 0 heterocycles. The molecule has 0 bridgehead atoms. The van der Waals surface area contributed by atoms with Gasteiger partial charge in [-0.25, -0.2) is 0 Å². The molecule has 2 atom stereocenters. The minimum absolute atomic E-state index is 0.106. The molecule has 3 aromatic carbocycles. The van der Waals surface area contributed by atoms with Gasteiger partial charge < -0.3 is 15.2 Å². The highest BCUT2D eigenvalue weighted by atomic mass is 16.5. The van der Waals surface area contributed by atoms with Crippen molar-refractivity contribution in [2.75, 3.05) is 0 Å². The summed E-state index contributed by atoms with van der Waals surface area (Å²) in [4.78, 5) is 23.9. The first-order valence-electron chi connectivity index (χ1n) is 11.6. The lowest BCUT2D eigenvalue weighted by Crippen LogP contribution is -2.45. The molecule has 0 aliphatic carbocycles. The van der Waals surface area contributed by atoms with E-state index in [0.717, 1.165) is 17.5 Å². The number of carboxylic acids is 1. The number of nitrogens with one attached hydrogen (secondary N) is 1. The van der Waals surface area contributed by atoms with Crippen molar-refractivity contribution in [3.63, 3.8) is 0 Å². The van der Waals surface area contributed by atoms with Gasteiger partial charge in [-0.2, -0.15) is 0 Å². The molecule has 0 aliphatic heterocycles. The molecule has 1 unspecified atom stereocenters. The Hall–Kier alpha value is -3.60. The van der Waals surface area contributed by atoms with E-state index in [-0.39, 0.29) is 23.8 Å². The lowest BCUT2D eigenvalue weighted by molar-refractivity contribution is -0.138. The van der Waals surface area contributed by atoms with Crippen LogP contribution in [-0.2, 0) is 4.79 Å². The molecule has 0 saturated carbocycles. The lowest BCUT2D eigenvalue weighted by atomic mass is 9.84. The fourth-order valence-electron chi connectivity index (χ4n) is 3.75. The fourth-order valence-corrected chi connectivity index (χ4v) is 3.75. The van der Waals surface area contributed by atoms with Crippen LogP contribution in [0.25, 0.3) is 11.1 Å². The number of aliphatic carboxylic acids is 1. The van der Waals surface area contributed by atoms with Gasteiger partial charge >= 0.3 is 5.97 Å². The number of hydrogen-bond acceptors (Lipinski definition) is 3. The number of hydrogen-bond donors (Lipinski definition) is 2. The third-order valence-electron chi connectivity index (χ3n) is 5.88. The molecule has 0 spiro atoms. The lowest BCUT2D eigenvalue weighted by Gasteiger charge is -2.30. The summed E-state index contributed by atoms with van der Waals surface area (Å²) >= 11 is 0. The zero-order valence-electron chi connectivity index (χ0n) is 20.2. The first-order valence-corrected chi connectivity index (χ1v) is 11.6. The fraction of sp³-hybridized carbons (Fsp3) is 0.310. The van der Waals surface area contributed by atoms with Gasteiger partial charge in [0.25, 0.3) is 5.91 Å². The monoisotopic (exact) mass is 459 g/mol. The summed E-state index contributed by atoms with van der Waals surface area (Å²) in [6, 6.07) is 25.1. The van der Waals surface area contributed by atoms with E-state index in [0.29, 0.717) is 11.3 Å². The maximum absolute atomic E-state index is 12.7. The molecule has 5 heteroatoms. The third kappa shape index (κ3) is 6.70. The quantitative estimate of drug-likeness (QED) is 0.383. The van der Waals surface area contributed by atoms with Crippen LogP contribution in [0.4, 0.5) is 0 Å². The second-order valence-electron chi connectivity index (χ2n) is 9.52. The summed E-state index contributed by atoms with van der Waals surface area (Å²) in [5.74, 6) is -0.559. The SMILES string of the molecule is CCC(Oc1ccc(C(=O)N[C@@H](CC(=O)O)C(C)(C)C)cc1)c1ccc(-c2ccccc2)cc1. The molecule has 0 aromatic heterocycles. The summed E-state index contributed by atoms with van der Waals surface area (Å²) < 4.78 is 6.21. The molecular formula is C29H33NO4. The Balaban J connectivity index is 1.66. The van der Waals surface area contributed by atoms with E-state index in [1.54, 1.807) is 24.3 Å². The summed E-state index contributed by atoms with van der Waals surface area (Å²) in [6.07, 6.45) is 0.567. The first kappa shape index (κ1) is 25.0. The largest absolute Gasteiger partial charge is 0.486 e. The van der Waals surface area contributed by atoms with Crippen molar-refractivity contribution in [2.45, 2.75) is 52.7 Å². The molecule has 3 rings (SSSR count). The predicted octanol–water partition coefficient (Wildman–Crippen LogP) is 6.50. The minimum Gasteiger partial charge on any atom is -0.486 e. The van der Waals surface area contributed by atoms with Gasteiger partial charge in [-0.15, -0.1) is 0 Å². The topological polar surface area (TPSA) is 75.6 Å². The highest BCUT2D eigenvalue weighted by molar-refractivity contribution is 5.94. The number of amides is 1. The van der Waals surface area contributed by atoms with Crippen LogP contribution in [0.5, 0.6) is 5.75 Å². The summed E-state index contributed by atoms with van der Waals surface area (Å²) in [5.41, 5.74) is 3.51. The smallest absolute Gasteiger partial charge is 0.305 e. The van der Waals surface area contributed by atoms with E-state index in [9.17, 15) is 14.7 Å². The Morgan fingerprint density at radius 2 is 1.47 bits per heavy atom. The van der Waals surface area contributed by atoms with E-state index in [1.807, 2.05) is 39.0 Å². The zero-order valence-corrected chi connectivity index (χ0v) is 20.2. The highest BCUT2D eigenvalue weighted by Gasteiger charge is 2.28. The number of ether oxygens (including phenoxy) is 1. The maximum atomic E-state index is 12.7. The molecule has 5 nitrogen and oxygen atoms in total. The van der Waals surface area contributed by atoms with Crippen LogP contribution in [0.2, 0.25) is 0 Å². The van der Waals surface area contributed by atoms with Crippen molar-refractivity contribution < 1.29 is 19.4 Å². The summed E-state index contributed by atoms with van der Waals surface area (Å²) in [7, 11) is 0. The summed E-state index contributed by atoms with van der Waals surface area (Å²) in [6.45, 7) is 7.81. The Morgan fingerprint density at radius 3 is 2.00 bits per heavy atom. The number of carbonyl (C=O) groups is 2. The standard InChI is InChI=1S/C29H33NO4/c1-5-25(22-13-11-21(12-14-22)20-9-7-6-8-10-20)34-24-17-15-23(16-18-24)28(33)30-26(19-27(31)32)29(2,3)4/h6-18,25-26H,5,19H2,1-4H3,(H,30,33)(H,31,32)/t25?,26-/m0/s1. The molecular weight excluding hydrogens is 426 g/mol.